The largest absolute Gasteiger partial charge is 0.379 e. The number of halogens is 1. The molecule has 1 fully saturated rings. The minimum atomic E-state index is -1.05. The maximum absolute atomic E-state index is 13.5. The van der Waals surface area contributed by atoms with E-state index >= 15 is 0 Å². The Bertz CT molecular complexity index is 422. The third kappa shape index (κ3) is 2.30. The van der Waals surface area contributed by atoms with E-state index < -0.39 is 17.3 Å². The van der Waals surface area contributed by atoms with Crippen LogP contribution in [-0.2, 0) is 9.53 Å². The molecular weight excluding hydrogens is 223 g/mol. The quantitative estimate of drug-likeness (QED) is 0.813. The molecule has 92 valence electrons. The fourth-order valence-electron chi connectivity index (χ4n) is 1.79. The number of hydrogen-bond donors (Lipinski definition) is 2. The normalized spacial score (nSPS) is 23.7. The molecule has 0 spiro atoms. The fourth-order valence-corrected chi connectivity index (χ4v) is 1.79. The van der Waals surface area contributed by atoms with Gasteiger partial charge < -0.3 is 15.8 Å². The van der Waals surface area contributed by atoms with E-state index in [1.54, 1.807) is 19.1 Å². The van der Waals surface area contributed by atoms with Crippen molar-refractivity contribution in [2.75, 3.05) is 18.5 Å². The molecular formula is C12H15FN2O2. The van der Waals surface area contributed by atoms with Gasteiger partial charge in [-0.05, 0) is 25.0 Å². The van der Waals surface area contributed by atoms with Crippen LogP contribution in [-0.4, -0.2) is 24.7 Å². The molecule has 5 heteroatoms. The minimum absolute atomic E-state index is 0.173. The summed E-state index contributed by atoms with van der Waals surface area (Å²) >= 11 is 0. The van der Waals surface area contributed by atoms with E-state index in [-0.39, 0.29) is 12.3 Å². The van der Waals surface area contributed by atoms with Crippen molar-refractivity contribution < 1.29 is 13.9 Å². The maximum Gasteiger partial charge on any atom is 0.247 e. The summed E-state index contributed by atoms with van der Waals surface area (Å²) in [4.78, 5) is 12.0. The highest BCUT2D eigenvalue weighted by atomic mass is 19.1. The Morgan fingerprint density at radius 3 is 2.94 bits per heavy atom. The molecule has 1 amide bonds. The van der Waals surface area contributed by atoms with Crippen molar-refractivity contribution in [1.29, 1.82) is 0 Å². The second-order valence-corrected chi connectivity index (χ2v) is 4.34. The molecule has 17 heavy (non-hydrogen) atoms. The molecule has 0 aliphatic carbocycles. The van der Waals surface area contributed by atoms with Crippen molar-refractivity contribution >= 4 is 11.6 Å². The zero-order valence-electron chi connectivity index (χ0n) is 9.63. The van der Waals surface area contributed by atoms with Crippen molar-refractivity contribution in [3.8, 4) is 0 Å². The molecule has 0 saturated carbocycles. The molecule has 1 aliphatic heterocycles. The number of rotatable bonds is 2. The Hall–Kier alpha value is -1.46. The first-order chi connectivity index (χ1) is 8.03. The number of para-hydroxylation sites is 1. The second-order valence-electron chi connectivity index (χ2n) is 4.34. The molecule has 1 aromatic carbocycles. The first-order valence-electron chi connectivity index (χ1n) is 5.46. The SMILES string of the molecule is Cc1cccc(F)c1NC(=O)C1(N)CCOC1. The number of aryl methyl sites for hydroxylation is 1. The van der Waals surface area contributed by atoms with Crippen LogP contribution in [0.15, 0.2) is 18.2 Å². The standard InChI is InChI=1S/C12H15FN2O2/c1-8-3-2-4-9(13)10(8)15-11(16)12(14)5-6-17-7-12/h2-4H,5-7,14H2,1H3,(H,15,16). The summed E-state index contributed by atoms with van der Waals surface area (Å²) in [5.41, 5.74) is 5.70. The first kappa shape index (κ1) is 12.0. The fraction of sp³-hybridized carbons (Fsp3) is 0.417. The third-order valence-corrected chi connectivity index (χ3v) is 2.96. The number of hydrogen-bond acceptors (Lipinski definition) is 3. The summed E-state index contributed by atoms with van der Waals surface area (Å²) < 4.78 is 18.6. The number of carbonyl (C=O) groups is 1. The van der Waals surface area contributed by atoms with Crippen molar-refractivity contribution in [3.05, 3.63) is 29.6 Å². The molecule has 1 aliphatic rings. The van der Waals surface area contributed by atoms with E-state index in [9.17, 15) is 9.18 Å². The molecule has 3 N–H and O–H groups in total. The molecule has 0 radical (unpaired) electrons. The van der Waals surface area contributed by atoms with Crippen molar-refractivity contribution in [3.63, 3.8) is 0 Å². The summed E-state index contributed by atoms with van der Waals surface area (Å²) in [6, 6.07) is 4.63. The average Bonchev–Trinajstić information content (AvgIpc) is 2.72. The zero-order chi connectivity index (χ0) is 12.5. The van der Waals surface area contributed by atoms with Gasteiger partial charge in [0.15, 0.2) is 0 Å². The Morgan fingerprint density at radius 2 is 2.35 bits per heavy atom. The molecule has 1 aromatic rings. The van der Waals surface area contributed by atoms with Crippen LogP contribution in [0.4, 0.5) is 10.1 Å². The molecule has 1 saturated heterocycles. The number of nitrogens with two attached hydrogens (primary N) is 1. The smallest absolute Gasteiger partial charge is 0.247 e. The van der Waals surface area contributed by atoms with Gasteiger partial charge in [0.1, 0.15) is 11.4 Å². The van der Waals surface area contributed by atoms with E-state index in [2.05, 4.69) is 5.32 Å². The zero-order valence-corrected chi connectivity index (χ0v) is 9.63. The Morgan fingerprint density at radius 1 is 1.59 bits per heavy atom. The van der Waals surface area contributed by atoms with Crippen LogP contribution in [0.25, 0.3) is 0 Å². The van der Waals surface area contributed by atoms with Crippen LogP contribution < -0.4 is 11.1 Å². The summed E-state index contributed by atoms with van der Waals surface area (Å²) in [6.45, 7) is 2.36. The van der Waals surface area contributed by atoms with Gasteiger partial charge in [-0.2, -0.15) is 0 Å². The van der Waals surface area contributed by atoms with Gasteiger partial charge in [0.2, 0.25) is 5.91 Å². The second kappa shape index (κ2) is 4.43. The van der Waals surface area contributed by atoms with Gasteiger partial charge in [0.05, 0.1) is 12.3 Å². The number of benzene rings is 1. The number of amides is 1. The Kier molecular flexibility index (Phi) is 3.13. The van der Waals surface area contributed by atoms with E-state index in [0.29, 0.717) is 18.6 Å². The lowest BCUT2D eigenvalue weighted by Crippen LogP contribution is -2.51. The predicted molar refractivity (Wildman–Crippen MR) is 62.1 cm³/mol. The lowest BCUT2D eigenvalue weighted by atomic mass is 9.99. The maximum atomic E-state index is 13.5. The van der Waals surface area contributed by atoms with Gasteiger partial charge >= 0.3 is 0 Å². The van der Waals surface area contributed by atoms with E-state index in [1.807, 2.05) is 0 Å². The molecule has 2 rings (SSSR count). The Labute approximate surface area is 98.9 Å². The van der Waals surface area contributed by atoms with Gasteiger partial charge in [-0.25, -0.2) is 4.39 Å². The van der Waals surface area contributed by atoms with E-state index in [1.165, 1.54) is 6.07 Å². The van der Waals surface area contributed by atoms with Crippen molar-refractivity contribution in [2.45, 2.75) is 18.9 Å². The van der Waals surface area contributed by atoms with Gasteiger partial charge in [-0.15, -0.1) is 0 Å². The monoisotopic (exact) mass is 238 g/mol. The molecule has 1 heterocycles. The van der Waals surface area contributed by atoms with Crippen molar-refractivity contribution in [2.24, 2.45) is 5.73 Å². The number of anilines is 1. The van der Waals surface area contributed by atoms with Crippen LogP contribution in [0.1, 0.15) is 12.0 Å². The number of nitrogens with one attached hydrogen (secondary N) is 1. The molecule has 1 atom stereocenters. The third-order valence-electron chi connectivity index (χ3n) is 2.96. The van der Waals surface area contributed by atoms with Crippen LogP contribution in [0.5, 0.6) is 0 Å². The summed E-state index contributed by atoms with van der Waals surface area (Å²) in [5, 5.41) is 2.54. The molecule has 0 aromatic heterocycles. The van der Waals surface area contributed by atoms with E-state index in [4.69, 9.17) is 10.5 Å². The predicted octanol–water partition coefficient (Wildman–Crippen LogP) is 1.19. The Balaban J connectivity index is 2.18. The van der Waals surface area contributed by atoms with Crippen LogP contribution in [0, 0.1) is 12.7 Å². The van der Waals surface area contributed by atoms with Crippen LogP contribution >= 0.6 is 0 Å². The number of carbonyl (C=O) groups excluding carboxylic acids is 1. The van der Waals surface area contributed by atoms with Gasteiger partial charge in [-0.1, -0.05) is 12.1 Å². The lowest BCUT2D eigenvalue weighted by molar-refractivity contribution is -0.121. The number of ether oxygens (including phenoxy) is 1. The highest BCUT2D eigenvalue weighted by molar-refractivity contribution is 5.98. The van der Waals surface area contributed by atoms with E-state index in [0.717, 1.165) is 0 Å². The van der Waals surface area contributed by atoms with Gasteiger partial charge in [0.25, 0.3) is 0 Å². The first-order valence-corrected chi connectivity index (χ1v) is 5.46. The van der Waals surface area contributed by atoms with Crippen molar-refractivity contribution in [1.82, 2.24) is 0 Å². The molecule has 1 unspecified atom stereocenters. The highest BCUT2D eigenvalue weighted by Crippen LogP contribution is 2.22. The highest BCUT2D eigenvalue weighted by Gasteiger charge is 2.38. The molecule has 0 bridgehead atoms. The molecule has 4 nitrogen and oxygen atoms in total. The lowest BCUT2D eigenvalue weighted by Gasteiger charge is -2.21. The summed E-state index contributed by atoms with van der Waals surface area (Å²) in [5.74, 6) is -0.857. The summed E-state index contributed by atoms with van der Waals surface area (Å²) in [7, 11) is 0. The van der Waals surface area contributed by atoms with Gasteiger partial charge in [-0.3, -0.25) is 4.79 Å². The average molecular weight is 238 g/mol. The minimum Gasteiger partial charge on any atom is -0.379 e. The topological polar surface area (TPSA) is 64.4 Å². The van der Waals surface area contributed by atoms with Crippen LogP contribution in [0.2, 0.25) is 0 Å². The van der Waals surface area contributed by atoms with Gasteiger partial charge in [0, 0.05) is 6.61 Å². The summed E-state index contributed by atoms with van der Waals surface area (Å²) in [6.07, 6.45) is 0.451. The van der Waals surface area contributed by atoms with Crippen LogP contribution in [0.3, 0.4) is 0 Å².